The second kappa shape index (κ2) is 6.98. The highest BCUT2D eigenvalue weighted by Gasteiger charge is 2.30. The standard InChI is InChI=1S/C22H26N2O2/c1-15-10-17(7-6-16-4-5-16)8-9-19(15)20-11-18(23-24-20)12-21-25-13-22(2,3)14-26-21/h8-10,16,21H,4-5,11-14H2,1-3H3. The molecule has 0 amide bonds. The second-order valence-corrected chi connectivity index (χ2v) is 8.38. The molecule has 0 radical (unpaired) electrons. The monoisotopic (exact) mass is 350 g/mol. The summed E-state index contributed by atoms with van der Waals surface area (Å²) >= 11 is 0. The first-order valence-corrected chi connectivity index (χ1v) is 9.47. The van der Waals surface area contributed by atoms with Gasteiger partial charge in [0.05, 0.1) is 24.6 Å². The molecule has 4 nitrogen and oxygen atoms in total. The van der Waals surface area contributed by atoms with Gasteiger partial charge in [0.15, 0.2) is 6.29 Å². The average Bonchev–Trinajstić information content (AvgIpc) is 3.33. The lowest BCUT2D eigenvalue weighted by atomic mass is 9.95. The van der Waals surface area contributed by atoms with Crippen LogP contribution in [0.3, 0.4) is 0 Å². The van der Waals surface area contributed by atoms with E-state index in [2.05, 4.69) is 61.0 Å². The fourth-order valence-corrected chi connectivity index (χ4v) is 3.17. The molecule has 26 heavy (non-hydrogen) atoms. The van der Waals surface area contributed by atoms with Gasteiger partial charge in [0.25, 0.3) is 0 Å². The molecule has 1 aliphatic carbocycles. The van der Waals surface area contributed by atoms with Crippen LogP contribution in [0.4, 0.5) is 0 Å². The van der Waals surface area contributed by atoms with Crippen molar-refractivity contribution in [3.05, 3.63) is 34.9 Å². The van der Waals surface area contributed by atoms with Crippen LogP contribution in [0.25, 0.3) is 0 Å². The Hall–Kier alpha value is -1.96. The van der Waals surface area contributed by atoms with Crippen molar-refractivity contribution in [2.24, 2.45) is 21.5 Å². The molecule has 0 N–H and O–H groups in total. The van der Waals surface area contributed by atoms with Crippen molar-refractivity contribution in [2.45, 2.75) is 52.7 Å². The quantitative estimate of drug-likeness (QED) is 0.771. The van der Waals surface area contributed by atoms with Crippen molar-refractivity contribution < 1.29 is 9.47 Å². The first-order valence-electron chi connectivity index (χ1n) is 9.47. The van der Waals surface area contributed by atoms with E-state index in [0.717, 1.165) is 42.2 Å². The molecule has 2 aliphatic heterocycles. The molecule has 136 valence electrons. The summed E-state index contributed by atoms with van der Waals surface area (Å²) in [7, 11) is 0. The Balaban J connectivity index is 1.35. The third-order valence-corrected chi connectivity index (χ3v) is 4.94. The van der Waals surface area contributed by atoms with E-state index in [4.69, 9.17) is 9.47 Å². The van der Waals surface area contributed by atoms with Gasteiger partial charge in [-0.1, -0.05) is 31.8 Å². The summed E-state index contributed by atoms with van der Waals surface area (Å²) in [5, 5.41) is 8.79. The minimum Gasteiger partial charge on any atom is -0.352 e. The van der Waals surface area contributed by atoms with Crippen LogP contribution >= 0.6 is 0 Å². The largest absolute Gasteiger partial charge is 0.352 e. The third kappa shape index (κ3) is 4.23. The normalized spacial score (nSPS) is 22.4. The van der Waals surface area contributed by atoms with Crippen LogP contribution in [-0.2, 0) is 9.47 Å². The van der Waals surface area contributed by atoms with E-state index in [0.29, 0.717) is 12.3 Å². The van der Waals surface area contributed by atoms with Gasteiger partial charge in [-0.3, -0.25) is 0 Å². The molecule has 0 unspecified atom stereocenters. The number of hydrogen-bond donors (Lipinski definition) is 0. The van der Waals surface area contributed by atoms with Gasteiger partial charge in [0.1, 0.15) is 0 Å². The molecule has 1 saturated carbocycles. The molecule has 4 rings (SSSR count). The van der Waals surface area contributed by atoms with Crippen molar-refractivity contribution in [3.63, 3.8) is 0 Å². The van der Waals surface area contributed by atoms with Crippen LogP contribution in [0.2, 0.25) is 0 Å². The maximum absolute atomic E-state index is 5.82. The van der Waals surface area contributed by atoms with Crippen molar-refractivity contribution in [2.75, 3.05) is 13.2 Å². The Kier molecular flexibility index (Phi) is 4.69. The molecule has 0 aromatic heterocycles. The number of nitrogens with zero attached hydrogens (tertiary/aromatic N) is 2. The molecule has 1 aromatic carbocycles. The summed E-state index contributed by atoms with van der Waals surface area (Å²) in [5.41, 5.74) is 5.60. The molecule has 3 aliphatic rings. The molecule has 1 saturated heterocycles. The minimum absolute atomic E-state index is 0.0942. The maximum Gasteiger partial charge on any atom is 0.162 e. The Morgan fingerprint density at radius 3 is 2.62 bits per heavy atom. The molecule has 1 aromatic rings. The Labute approximate surface area is 155 Å². The van der Waals surface area contributed by atoms with Crippen molar-refractivity contribution in [1.29, 1.82) is 0 Å². The fraction of sp³-hybridized carbons (Fsp3) is 0.545. The van der Waals surface area contributed by atoms with Gasteiger partial charge in [-0.25, -0.2) is 0 Å². The summed E-state index contributed by atoms with van der Waals surface area (Å²) in [6.45, 7) is 7.87. The SMILES string of the molecule is Cc1cc(C#CC2CC2)ccc1C1=NN=C(CC2OCC(C)(C)CO2)C1. The van der Waals surface area contributed by atoms with Crippen molar-refractivity contribution in [1.82, 2.24) is 0 Å². The number of hydrogen-bond acceptors (Lipinski definition) is 4. The first kappa shape index (κ1) is 17.5. The molecule has 2 heterocycles. The van der Waals surface area contributed by atoms with Gasteiger partial charge < -0.3 is 9.47 Å². The lowest BCUT2D eigenvalue weighted by Gasteiger charge is -2.34. The van der Waals surface area contributed by atoms with E-state index >= 15 is 0 Å². The zero-order chi connectivity index (χ0) is 18.1. The van der Waals surface area contributed by atoms with E-state index < -0.39 is 0 Å². The molecule has 0 bridgehead atoms. The van der Waals surface area contributed by atoms with E-state index in [1.165, 1.54) is 18.4 Å². The van der Waals surface area contributed by atoms with E-state index in [-0.39, 0.29) is 11.7 Å². The summed E-state index contributed by atoms with van der Waals surface area (Å²) in [5.74, 6) is 7.22. The average molecular weight is 350 g/mol. The van der Waals surface area contributed by atoms with Crippen LogP contribution in [0.1, 0.15) is 56.2 Å². The van der Waals surface area contributed by atoms with Crippen LogP contribution in [0.5, 0.6) is 0 Å². The highest BCUT2D eigenvalue weighted by atomic mass is 16.7. The second-order valence-electron chi connectivity index (χ2n) is 8.38. The van der Waals surface area contributed by atoms with E-state index in [1.807, 2.05) is 0 Å². The van der Waals surface area contributed by atoms with Crippen molar-refractivity contribution >= 4 is 11.4 Å². The zero-order valence-electron chi connectivity index (χ0n) is 15.8. The van der Waals surface area contributed by atoms with Gasteiger partial charge in [-0.05, 0) is 37.5 Å². The molecular formula is C22H26N2O2. The fourth-order valence-electron chi connectivity index (χ4n) is 3.17. The number of benzene rings is 1. The zero-order valence-corrected chi connectivity index (χ0v) is 15.8. The van der Waals surface area contributed by atoms with Crippen molar-refractivity contribution in [3.8, 4) is 11.8 Å². The number of ether oxygens (including phenoxy) is 2. The Morgan fingerprint density at radius 1 is 1.15 bits per heavy atom. The summed E-state index contributed by atoms with van der Waals surface area (Å²) < 4.78 is 11.6. The van der Waals surface area contributed by atoms with Gasteiger partial charge in [0.2, 0.25) is 0 Å². The Bertz CT molecular complexity index is 812. The van der Waals surface area contributed by atoms with Crippen LogP contribution < -0.4 is 0 Å². The molecule has 0 spiro atoms. The lowest BCUT2D eigenvalue weighted by molar-refractivity contribution is -0.217. The van der Waals surface area contributed by atoms with Gasteiger partial charge >= 0.3 is 0 Å². The van der Waals surface area contributed by atoms with Gasteiger partial charge in [-0.2, -0.15) is 10.2 Å². The molecule has 2 fully saturated rings. The predicted molar refractivity (Wildman–Crippen MR) is 103 cm³/mol. The molecule has 4 heteroatoms. The highest BCUT2D eigenvalue weighted by molar-refractivity contribution is 6.15. The maximum atomic E-state index is 5.82. The predicted octanol–water partition coefficient (Wildman–Crippen LogP) is 4.09. The third-order valence-electron chi connectivity index (χ3n) is 4.94. The van der Waals surface area contributed by atoms with E-state index in [9.17, 15) is 0 Å². The Morgan fingerprint density at radius 2 is 1.92 bits per heavy atom. The van der Waals surface area contributed by atoms with Gasteiger partial charge in [-0.15, -0.1) is 0 Å². The smallest absolute Gasteiger partial charge is 0.162 e. The molecule has 0 atom stereocenters. The minimum atomic E-state index is -0.197. The van der Waals surface area contributed by atoms with Crippen LogP contribution in [-0.4, -0.2) is 30.9 Å². The topological polar surface area (TPSA) is 43.2 Å². The summed E-state index contributed by atoms with van der Waals surface area (Å²) in [6.07, 6.45) is 3.77. The first-order chi connectivity index (χ1) is 12.5. The lowest BCUT2D eigenvalue weighted by Crippen LogP contribution is -2.38. The highest BCUT2D eigenvalue weighted by Crippen LogP contribution is 2.28. The van der Waals surface area contributed by atoms with Gasteiger partial charge in [0, 0.05) is 35.3 Å². The molecular weight excluding hydrogens is 324 g/mol. The summed E-state index contributed by atoms with van der Waals surface area (Å²) in [6, 6.07) is 6.37. The van der Waals surface area contributed by atoms with E-state index in [1.54, 1.807) is 0 Å². The van der Waals surface area contributed by atoms with Crippen LogP contribution in [0.15, 0.2) is 28.4 Å². The number of rotatable bonds is 3. The van der Waals surface area contributed by atoms with Crippen LogP contribution in [0, 0.1) is 30.1 Å². The number of aryl methyl sites for hydroxylation is 1. The summed E-state index contributed by atoms with van der Waals surface area (Å²) in [4.78, 5) is 0.